The fourth-order valence-electron chi connectivity index (χ4n) is 2.40. The number of aliphatic hydroxyl groups excluding tert-OH is 1. The molecule has 3 nitrogen and oxygen atoms in total. The smallest absolute Gasteiger partial charge is 0.134 e. The van der Waals surface area contributed by atoms with Crippen LogP contribution in [-0.4, -0.2) is 11.7 Å². The molecule has 0 radical (unpaired) electrons. The molecule has 0 aliphatic rings. The van der Waals surface area contributed by atoms with Gasteiger partial charge in [0.25, 0.3) is 0 Å². The maximum atomic E-state index is 10.2. The van der Waals surface area contributed by atoms with E-state index in [-0.39, 0.29) is 6.04 Å². The van der Waals surface area contributed by atoms with Crippen LogP contribution in [0.5, 0.6) is 0 Å². The number of hydrogen-bond donors (Lipinski definition) is 2. The van der Waals surface area contributed by atoms with Gasteiger partial charge in [0, 0.05) is 11.9 Å². The first-order valence-electron chi connectivity index (χ1n) is 7.19. The highest BCUT2D eigenvalue weighted by Gasteiger charge is 2.13. The van der Waals surface area contributed by atoms with Gasteiger partial charge in [0.1, 0.15) is 11.3 Å². The van der Waals surface area contributed by atoms with Crippen LogP contribution in [-0.2, 0) is 0 Å². The summed E-state index contributed by atoms with van der Waals surface area (Å²) in [5, 5.41) is 14.6. The second-order valence-electron chi connectivity index (χ2n) is 5.24. The van der Waals surface area contributed by atoms with Crippen molar-refractivity contribution in [2.24, 2.45) is 0 Å². The van der Waals surface area contributed by atoms with E-state index in [1.165, 1.54) is 0 Å². The van der Waals surface area contributed by atoms with Gasteiger partial charge in [-0.3, -0.25) is 0 Å². The second-order valence-corrected chi connectivity index (χ2v) is 5.24. The van der Waals surface area contributed by atoms with Crippen LogP contribution in [0, 0.1) is 0 Å². The van der Waals surface area contributed by atoms with Crippen molar-refractivity contribution in [1.82, 2.24) is 5.32 Å². The molecule has 0 saturated carbocycles. The first-order valence-corrected chi connectivity index (χ1v) is 7.19. The van der Waals surface area contributed by atoms with Crippen molar-refractivity contribution in [3.8, 4) is 0 Å². The third-order valence-electron chi connectivity index (χ3n) is 3.67. The quantitative estimate of drug-likeness (QED) is 0.747. The Hall–Kier alpha value is -2.10. The Labute approximate surface area is 124 Å². The minimum atomic E-state index is -0.516. The summed E-state index contributed by atoms with van der Waals surface area (Å²) in [6.45, 7) is 2.53. The molecule has 3 aromatic rings. The highest BCUT2D eigenvalue weighted by atomic mass is 16.3. The summed E-state index contributed by atoms with van der Waals surface area (Å²) in [5.74, 6) is 0.886. The van der Waals surface area contributed by atoms with Crippen molar-refractivity contribution in [3.63, 3.8) is 0 Å². The van der Waals surface area contributed by atoms with Crippen molar-refractivity contribution in [3.05, 3.63) is 72.0 Å². The lowest BCUT2D eigenvalue weighted by molar-refractivity contribution is 0.169. The van der Waals surface area contributed by atoms with Gasteiger partial charge in [-0.05, 0) is 24.6 Å². The molecule has 0 aliphatic heterocycles. The van der Waals surface area contributed by atoms with Gasteiger partial charge in [-0.1, -0.05) is 48.5 Å². The Morgan fingerprint density at radius 2 is 1.76 bits per heavy atom. The minimum absolute atomic E-state index is 0.0516. The van der Waals surface area contributed by atoms with E-state index in [4.69, 9.17) is 4.42 Å². The van der Waals surface area contributed by atoms with Gasteiger partial charge < -0.3 is 14.8 Å². The molecule has 1 heterocycles. The fraction of sp³-hybridized carbons (Fsp3) is 0.222. The lowest BCUT2D eigenvalue weighted by atomic mass is 10.1. The van der Waals surface area contributed by atoms with Crippen LogP contribution >= 0.6 is 0 Å². The number of benzene rings is 2. The van der Waals surface area contributed by atoms with Gasteiger partial charge >= 0.3 is 0 Å². The molecule has 2 aromatic carbocycles. The summed E-state index contributed by atoms with van der Waals surface area (Å²) >= 11 is 0. The molecule has 21 heavy (non-hydrogen) atoms. The van der Waals surface area contributed by atoms with Gasteiger partial charge in [-0.15, -0.1) is 0 Å². The molecule has 0 spiro atoms. The first kappa shape index (κ1) is 13.9. The number of para-hydroxylation sites is 1. The van der Waals surface area contributed by atoms with E-state index in [0.29, 0.717) is 6.54 Å². The number of aliphatic hydroxyl groups is 1. The lowest BCUT2D eigenvalue weighted by Gasteiger charge is -2.15. The Balaban J connectivity index is 1.65. The summed E-state index contributed by atoms with van der Waals surface area (Å²) in [6.07, 6.45) is -0.516. The summed E-state index contributed by atoms with van der Waals surface area (Å²) in [6, 6.07) is 19.7. The monoisotopic (exact) mass is 281 g/mol. The molecule has 108 valence electrons. The van der Waals surface area contributed by atoms with Crippen LogP contribution < -0.4 is 5.32 Å². The number of rotatable bonds is 5. The molecule has 0 fully saturated rings. The van der Waals surface area contributed by atoms with Crippen molar-refractivity contribution >= 4 is 11.0 Å². The summed E-state index contributed by atoms with van der Waals surface area (Å²) in [4.78, 5) is 0. The zero-order chi connectivity index (χ0) is 14.7. The van der Waals surface area contributed by atoms with Gasteiger partial charge in [-0.2, -0.15) is 0 Å². The summed E-state index contributed by atoms with van der Waals surface area (Å²) in [5.41, 5.74) is 1.81. The first-order chi connectivity index (χ1) is 10.2. The Kier molecular flexibility index (Phi) is 4.04. The highest BCUT2D eigenvalue weighted by molar-refractivity contribution is 5.77. The highest BCUT2D eigenvalue weighted by Crippen LogP contribution is 2.24. The molecular formula is C18H19NO2. The molecule has 0 amide bonds. The Morgan fingerprint density at radius 3 is 2.52 bits per heavy atom. The lowest BCUT2D eigenvalue weighted by Crippen LogP contribution is -2.24. The van der Waals surface area contributed by atoms with Crippen molar-refractivity contribution < 1.29 is 9.52 Å². The topological polar surface area (TPSA) is 45.4 Å². The average molecular weight is 281 g/mol. The van der Waals surface area contributed by atoms with Crippen molar-refractivity contribution in [1.29, 1.82) is 0 Å². The van der Waals surface area contributed by atoms with Crippen molar-refractivity contribution in [2.75, 3.05) is 6.54 Å². The van der Waals surface area contributed by atoms with Crippen LogP contribution in [0.4, 0.5) is 0 Å². The molecular weight excluding hydrogens is 262 g/mol. The van der Waals surface area contributed by atoms with E-state index in [0.717, 1.165) is 22.3 Å². The number of furan rings is 1. The molecule has 3 rings (SSSR count). The second kappa shape index (κ2) is 6.12. The van der Waals surface area contributed by atoms with E-state index in [9.17, 15) is 5.11 Å². The molecule has 0 bridgehead atoms. The van der Waals surface area contributed by atoms with Crippen LogP contribution in [0.2, 0.25) is 0 Å². The molecule has 0 saturated heterocycles. The standard InChI is InChI=1S/C18H19NO2/c1-13(18-11-15-9-5-6-10-17(15)21-18)19-12-16(20)14-7-3-2-4-8-14/h2-11,13,16,19-20H,12H2,1H3. The van der Waals surface area contributed by atoms with Gasteiger partial charge in [0.2, 0.25) is 0 Å². The van der Waals surface area contributed by atoms with Gasteiger partial charge in [0.05, 0.1) is 12.1 Å². The van der Waals surface area contributed by atoms with E-state index >= 15 is 0 Å². The largest absolute Gasteiger partial charge is 0.459 e. The SMILES string of the molecule is CC(NCC(O)c1ccccc1)c1cc2ccccc2o1. The van der Waals surface area contributed by atoms with Crippen LogP contribution in [0.25, 0.3) is 11.0 Å². The summed E-state index contributed by atoms with van der Waals surface area (Å²) < 4.78 is 5.82. The minimum Gasteiger partial charge on any atom is -0.459 e. The molecule has 3 heteroatoms. The molecule has 2 unspecified atom stereocenters. The predicted molar refractivity (Wildman–Crippen MR) is 84.0 cm³/mol. The molecule has 0 aliphatic carbocycles. The maximum absolute atomic E-state index is 10.2. The normalized spacial score (nSPS) is 14.2. The van der Waals surface area contributed by atoms with Crippen LogP contribution in [0.1, 0.15) is 30.4 Å². The van der Waals surface area contributed by atoms with E-state index in [1.807, 2.05) is 67.6 Å². The van der Waals surface area contributed by atoms with Gasteiger partial charge in [0.15, 0.2) is 0 Å². The van der Waals surface area contributed by atoms with Crippen LogP contribution in [0.3, 0.4) is 0 Å². The maximum Gasteiger partial charge on any atom is 0.134 e. The van der Waals surface area contributed by atoms with E-state index < -0.39 is 6.10 Å². The van der Waals surface area contributed by atoms with Gasteiger partial charge in [-0.25, -0.2) is 0 Å². The Bertz CT molecular complexity index is 672. The zero-order valence-electron chi connectivity index (χ0n) is 12.0. The molecule has 2 atom stereocenters. The third-order valence-corrected chi connectivity index (χ3v) is 3.67. The van der Waals surface area contributed by atoms with Crippen LogP contribution in [0.15, 0.2) is 65.1 Å². The van der Waals surface area contributed by atoms with E-state index in [2.05, 4.69) is 5.32 Å². The fourth-order valence-corrected chi connectivity index (χ4v) is 2.40. The van der Waals surface area contributed by atoms with E-state index in [1.54, 1.807) is 0 Å². The number of nitrogens with one attached hydrogen (secondary N) is 1. The third kappa shape index (κ3) is 3.15. The Morgan fingerprint density at radius 1 is 1.05 bits per heavy atom. The number of hydrogen-bond acceptors (Lipinski definition) is 3. The average Bonchev–Trinajstić information content (AvgIpc) is 2.97. The molecule has 2 N–H and O–H groups in total. The number of fused-ring (bicyclic) bond motifs is 1. The van der Waals surface area contributed by atoms with Crippen molar-refractivity contribution in [2.45, 2.75) is 19.1 Å². The predicted octanol–water partition coefficient (Wildman–Crippen LogP) is 3.82. The molecule has 1 aromatic heterocycles. The summed E-state index contributed by atoms with van der Waals surface area (Å²) in [7, 11) is 0. The zero-order valence-corrected chi connectivity index (χ0v) is 12.0.